The molecule has 98 valence electrons. The summed E-state index contributed by atoms with van der Waals surface area (Å²) < 4.78 is 0. The number of carbonyl (C=O) groups is 1. The van der Waals surface area contributed by atoms with Gasteiger partial charge in [-0.15, -0.1) is 0 Å². The van der Waals surface area contributed by atoms with Crippen LogP contribution in [0.2, 0.25) is 0 Å². The lowest BCUT2D eigenvalue weighted by atomic mass is 10.0. The minimum Gasteiger partial charge on any atom is -0.335 e. The average molecular weight is 247 g/mol. The summed E-state index contributed by atoms with van der Waals surface area (Å²) in [6, 6.07) is 4.32. The van der Waals surface area contributed by atoms with Crippen molar-refractivity contribution in [3.63, 3.8) is 0 Å². The predicted octanol–water partition coefficient (Wildman–Crippen LogP) is 1.70. The summed E-state index contributed by atoms with van der Waals surface area (Å²) in [5.41, 5.74) is 6.61. The Morgan fingerprint density at radius 1 is 1.44 bits per heavy atom. The Labute approximate surface area is 108 Å². The van der Waals surface area contributed by atoms with Gasteiger partial charge in [0.25, 0.3) is 0 Å². The zero-order chi connectivity index (χ0) is 13.2. The van der Waals surface area contributed by atoms with Crippen LogP contribution in [0.4, 0.5) is 0 Å². The fourth-order valence-electron chi connectivity index (χ4n) is 1.98. The molecule has 2 N–H and O–H groups in total. The normalized spacial score (nSPS) is 15.5. The van der Waals surface area contributed by atoms with Gasteiger partial charge in [0.15, 0.2) is 0 Å². The van der Waals surface area contributed by atoms with Crippen molar-refractivity contribution in [1.29, 1.82) is 0 Å². The molecule has 1 amide bonds. The van der Waals surface area contributed by atoms with Gasteiger partial charge >= 0.3 is 0 Å². The molecule has 1 fully saturated rings. The van der Waals surface area contributed by atoms with Crippen LogP contribution in [0.25, 0.3) is 0 Å². The molecule has 1 aromatic heterocycles. The molecule has 0 aliphatic heterocycles. The van der Waals surface area contributed by atoms with E-state index >= 15 is 0 Å². The molecule has 0 unspecified atom stereocenters. The van der Waals surface area contributed by atoms with E-state index in [2.05, 4.69) is 4.98 Å². The number of nitrogens with zero attached hydrogens (tertiary/aromatic N) is 2. The summed E-state index contributed by atoms with van der Waals surface area (Å²) in [7, 11) is 0. The Hall–Kier alpha value is -1.42. The highest BCUT2D eigenvalue weighted by atomic mass is 16.2. The van der Waals surface area contributed by atoms with E-state index in [-0.39, 0.29) is 5.91 Å². The fraction of sp³-hybridized carbons (Fsp3) is 0.571. The second-order valence-electron chi connectivity index (χ2n) is 5.77. The first-order valence-corrected chi connectivity index (χ1v) is 6.43. The van der Waals surface area contributed by atoms with E-state index in [1.807, 2.05) is 30.9 Å². The maximum absolute atomic E-state index is 12.3. The molecule has 0 bridgehead atoms. The second-order valence-corrected chi connectivity index (χ2v) is 5.77. The summed E-state index contributed by atoms with van der Waals surface area (Å²) in [6.07, 6.45) is 6.15. The van der Waals surface area contributed by atoms with E-state index in [0.29, 0.717) is 19.0 Å². The van der Waals surface area contributed by atoms with E-state index in [0.717, 1.165) is 18.4 Å². The van der Waals surface area contributed by atoms with Gasteiger partial charge in [-0.1, -0.05) is 0 Å². The van der Waals surface area contributed by atoms with Crippen LogP contribution in [-0.4, -0.2) is 27.4 Å². The Bertz CT molecular complexity index is 407. The first kappa shape index (κ1) is 13.0. The second kappa shape index (κ2) is 5.06. The highest BCUT2D eigenvalue weighted by Crippen LogP contribution is 2.29. The van der Waals surface area contributed by atoms with Crippen LogP contribution >= 0.6 is 0 Å². The SMILES string of the molecule is CC(C)(N)CC(=O)N(Cc1ccncc1)C1CC1. The van der Waals surface area contributed by atoms with E-state index in [1.165, 1.54) is 0 Å². The minimum absolute atomic E-state index is 0.154. The predicted molar refractivity (Wildman–Crippen MR) is 70.7 cm³/mol. The molecule has 1 aromatic rings. The van der Waals surface area contributed by atoms with E-state index in [9.17, 15) is 4.79 Å². The zero-order valence-corrected chi connectivity index (χ0v) is 11.1. The van der Waals surface area contributed by atoms with Crippen molar-refractivity contribution < 1.29 is 4.79 Å². The third-order valence-electron chi connectivity index (χ3n) is 3.02. The zero-order valence-electron chi connectivity index (χ0n) is 11.1. The van der Waals surface area contributed by atoms with Crippen LogP contribution in [0.15, 0.2) is 24.5 Å². The third kappa shape index (κ3) is 3.81. The van der Waals surface area contributed by atoms with Gasteiger partial charge in [0.2, 0.25) is 5.91 Å². The maximum atomic E-state index is 12.3. The van der Waals surface area contributed by atoms with Crippen LogP contribution in [0.1, 0.15) is 38.7 Å². The lowest BCUT2D eigenvalue weighted by Gasteiger charge is -2.26. The summed E-state index contributed by atoms with van der Waals surface area (Å²) in [4.78, 5) is 18.2. The van der Waals surface area contributed by atoms with Crippen molar-refractivity contribution in [2.75, 3.05) is 0 Å². The number of hydrogen-bond acceptors (Lipinski definition) is 3. The highest BCUT2D eigenvalue weighted by molar-refractivity contribution is 5.78. The average Bonchev–Trinajstić information content (AvgIpc) is 3.08. The van der Waals surface area contributed by atoms with Crippen LogP contribution in [0, 0.1) is 0 Å². The number of nitrogens with two attached hydrogens (primary N) is 1. The van der Waals surface area contributed by atoms with Crippen LogP contribution in [0.5, 0.6) is 0 Å². The molecule has 0 saturated heterocycles. The third-order valence-corrected chi connectivity index (χ3v) is 3.02. The van der Waals surface area contributed by atoms with Crippen molar-refractivity contribution in [1.82, 2.24) is 9.88 Å². The molecule has 1 saturated carbocycles. The molecule has 0 aromatic carbocycles. The van der Waals surface area contributed by atoms with Crippen molar-refractivity contribution >= 4 is 5.91 Å². The van der Waals surface area contributed by atoms with E-state index in [1.54, 1.807) is 12.4 Å². The number of pyridine rings is 1. The molecule has 1 heterocycles. The van der Waals surface area contributed by atoms with Crippen molar-refractivity contribution in [2.45, 2.75) is 51.2 Å². The number of rotatable bonds is 5. The van der Waals surface area contributed by atoms with Gasteiger partial charge in [-0.2, -0.15) is 0 Å². The topological polar surface area (TPSA) is 59.2 Å². The van der Waals surface area contributed by atoms with Gasteiger partial charge in [-0.05, 0) is 44.4 Å². The molecular formula is C14H21N3O. The van der Waals surface area contributed by atoms with E-state index in [4.69, 9.17) is 5.73 Å². The number of hydrogen-bond donors (Lipinski definition) is 1. The van der Waals surface area contributed by atoms with Crippen molar-refractivity contribution in [2.24, 2.45) is 5.73 Å². The lowest BCUT2D eigenvalue weighted by Crippen LogP contribution is -2.41. The van der Waals surface area contributed by atoms with Gasteiger partial charge < -0.3 is 10.6 Å². The summed E-state index contributed by atoms with van der Waals surface area (Å²) in [5.74, 6) is 0.154. The molecule has 4 heteroatoms. The van der Waals surface area contributed by atoms with Gasteiger partial charge in [-0.3, -0.25) is 9.78 Å². The van der Waals surface area contributed by atoms with E-state index < -0.39 is 5.54 Å². The highest BCUT2D eigenvalue weighted by Gasteiger charge is 2.33. The summed E-state index contributed by atoms with van der Waals surface area (Å²) in [6.45, 7) is 4.45. The summed E-state index contributed by atoms with van der Waals surface area (Å²) >= 11 is 0. The molecule has 4 nitrogen and oxygen atoms in total. The van der Waals surface area contributed by atoms with Gasteiger partial charge in [0.05, 0.1) is 0 Å². The fourth-order valence-corrected chi connectivity index (χ4v) is 1.98. The number of aromatic nitrogens is 1. The molecule has 0 atom stereocenters. The maximum Gasteiger partial charge on any atom is 0.224 e. The van der Waals surface area contributed by atoms with Crippen LogP contribution in [0.3, 0.4) is 0 Å². The first-order chi connectivity index (χ1) is 8.46. The molecule has 1 aliphatic rings. The molecular weight excluding hydrogens is 226 g/mol. The quantitative estimate of drug-likeness (QED) is 0.861. The molecule has 0 spiro atoms. The number of amides is 1. The smallest absolute Gasteiger partial charge is 0.224 e. The Morgan fingerprint density at radius 3 is 2.56 bits per heavy atom. The monoisotopic (exact) mass is 247 g/mol. The first-order valence-electron chi connectivity index (χ1n) is 6.43. The molecule has 18 heavy (non-hydrogen) atoms. The van der Waals surface area contributed by atoms with Crippen LogP contribution < -0.4 is 5.73 Å². The van der Waals surface area contributed by atoms with Gasteiger partial charge in [0, 0.05) is 36.9 Å². The standard InChI is InChI=1S/C14H21N3O/c1-14(2,15)9-13(18)17(12-3-4-12)10-11-5-7-16-8-6-11/h5-8,12H,3-4,9-10,15H2,1-2H3. The molecule has 1 aliphatic carbocycles. The lowest BCUT2D eigenvalue weighted by molar-refractivity contribution is -0.133. The van der Waals surface area contributed by atoms with Gasteiger partial charge in [0.1, 0.15) is 0 Å². The largest absolute Gasteiger partial charge is 0.335 e. The Kier molecular flexibility index (Phi) is 3.66. The number of carbonyl (C=O) groups excluding carboxylic acids is 1. The van der Waals surface area contributed by atoms with Gasteiger partial charge in [-0.25, -0.2) is 0 Å². The Morgan fingerprint density at radius 2 is 2.06 bits per heavy atom. The van der Waals surface area contributed by atoms with Crippen LogP contribution in [-0.2, 0) is 11.3 Å². The minimum atomic E-state index is -0.442. The Balaban J connectivity index is 2.02. The van der Waals surface area contributed by atoms with Crippen molar-refractivity contribution in [3.05, 3.63) is 30.1 Å². The summed E-state index contributed by atoms with van der Waals surface area (Å²) in [5, 5.41) is 0. The molecule has 2 rings (SSSR count). The molecule has 0 radical (unpaired) electrons. The van der Waals surface area contributed by atoms with Crippen molar-refractivity contribution in [3.8, 4) is 0 Å².